The van der Waals surface area contributed by atoms with Crippen LogP contribution in [0.2, 0.25) is 10.0 Å². The third-order valence-corrected chi connectivity index (χ3v) is 4.89. The van der Waals surface area contributed by atoms with Crippen molar-refractivity contribution in [3.05, 3.63) is 82.8 Å². The number of hydrogen-bond donors (Lipinski definition) is 0. The predicted molar refractivity (Wildman–Crippen MR) is 109 cm³/mol. The lowest BCUT2D eigenvalue weighted by Gasteiger charge is -2.12. The van der Waals surface area contributed by atoms with Gasteiger partial charge < -0.3 is 17.1 Å². The zero-order valence-corrected chi connectivity index (χ0v) is 16.7. The Hall–Kier alpha value is -2.26. The van der Waals surface area contributed by atoms with Gasteiger partial charge in [-0.2, -0.15) is 0 Å². The zero-order chi connectivity index (χ0) is 18.1. The highest BCUT2D eigenvalue weighted by atomic mass is 35.5. The van der Waals surface area contributed by atoms with E-state index in [2.05, 4.69) is 6.07 Å². The van der Waals surface area contributed by atoms with Crippen LogP contribution in [-0.2, 0) is 0 Å². The Morgan fingerprint density at radius 3 is 2.26 bits per heavy atom. The lowest BCUT2D eigenvalue weighted by atomic mass is 9.98. The number of fused-ring (bicyclic) bond motifs is 1. The van der Waals surface area contributed by atoms with Gasteiger partial charge in [-0.25, -0.2) is 4.98 Å². The molecule has 0 saturated carbocycles. The largest absolute Gasteiger partial charge is 1.00 e. The summed E-state index contributed by atoms with van der Waals surface area (Å²) in [5.41, 5.74) is 4.72. The first-order valence-electron chi connectivity index (χ1n) is 8.15. The van der Waals surface area contributed by atoms with Crippen LogP contribution in [0.5, 0.6) is 5.75 Å². The molecule has 0 amide bonds. The molecule has 0 aliphatic carbocycles. The molecule has 27 heavy (non-hydrogen) atoms. The third kappa shape index (κ3) is 3.89. The molecule has 4 aromatic rings. The maximum absolute atomic E-state index is 6.47. The molecule has 0 unspecified atom stereocenters. The summed E-state index contributed by atoms with van der Waals surface area (Å²) in [6, 6.07) is 23.4. The van der Waals surface area contributed by atoms with Gasteiger partial charge in [0.25, 0.3) is 0 Å². The summed E-state index contributed by atoms with van der Waals surface area (Å²) in [5.74, 6) is 0.813. The summed E-state index contributed by atoms with van der Waals surface area (Å²) < 4.78 is 5.24. The second kappa shape index (κ2) is 8.18. The van der Waals surface area contributed by atoms with E-state index in [0.29, 0.717) is 10.0 Å². The Morgan fingerprint density at radius 1 is 0.815 bits per heavy atom. The van der Waals surface area contributed by atoms with Gasteiger partial charge in [0.1, 0.15) is 5.75 Å². The number of aromatic nitrogens is 1. The standard InChI is InChI=1S/C22H15Cl2NO.ClH/c1-26-16-9-6-14(7-10-16)22-13-18(17-4-2-3-5-20(17)24)19-12-15(23)8-11-21(19)25-22;/h2-13H,1H3;1H/p-1. The molecule has 0 aliphatic heterocycles. The number of ether oxygens (including phenoxy) is 1. The average Bonchev–Trinajstić information content (AvgIpc) is 2.68. The lowest BCUT2D eigenvalue weighted by Crippen LogP contribution is -3.00. The van der Waals surface area contributed by atoms with Crippen LogP contribution < -0.4 is 17.1 Å². The number of hydrogen-bond acceptors (Lipinski definition) is 2. The van der Waals surface area contributed by atoms with Crippen molar-refractivity contribution in [2.45, 2.75) is 0 Å². The lowest BCUT2D eigenvalue weighted by molar-refractivity contribution is -0.00000521. The van der Waals surface area contributed by atoms with Crippen molar-refractivity contribution in [2.75, 3.05) is 7.11 Å². The van der Waals surface area contributed by atoms with Crippen molar-refractivity contribution in [1.29, 1.82) is 0 Å². The number of pyridine rings is 1. The highest BCUT2D eigenvalue weighted by molar-refractivity contribution is 6.34. The van der Waals surface area contributed by atoms with E-state index in [4.69, 9.17) is 32.9 Å². The number of nitrogens with zero attached hydrogens (tertiary/aromatic N) is 1. The van der Waals surface area contributed by atoms with Gasteiger partial charge in [-0.05, 0) is 60.2 Å². The number of benzene rings is 3. The highest BCUT2D eigenvalue weighted by Crippen LogP contribution is 2.36. The molecule has 0 fully saturated rings. The molecule has 1 heterocycles. The second-order valence-corrected chi connectivity index (χ2v) is 6.77. The average molecular weight is 416 g/mol. The minimum absolute atomic E-state index is 0. The Labute approximate surface area is 174 Å². The van der Waals surface area contributed by atoms with Crippen molar-refractivity contribution < 1.29 is 17.1 Å². The van der Waals surface area contributed by atoms with Gasteiger partial charge in [-0.15, -0.1) is 0 Å². The van der Waals surface area contributed by atoms with Gasteiger partial charge in [0, 0.05) is 26.6 Å². The van der Waals surface area contributed by atoms with E-state index in [9.17, 15) is 0 Å². The van der Waals surface area contributed by atoms with Crippen LogP contribution in [0, 0.1) is 0 Å². The van der Waals surface area contributed by atoms with Crippen molar-refractivity contribution in [1.82, 2.24) is 4.98 Å². The molecular formula is C22H15Cl3NO-. The molecule has 0 aliphatic rings. The molecule has 5 heteroatoms. The Balaban J connectivity index is 0.00000210. The van der Waals surface area contributed by atoms with Gasteiger partial charge in [-0.1, -0.05) is 41.4 Å². The molecule has 0 bridgehead atoms. The molecule has 0 saturated heterocycles. The number of rotatable bonds is 3. The van der Waals surface area contributed by atoms with E-state index in [1.54, 1.807) is 7.11 Å². The van der Waals surface area contributed by atoms with Crippen LogP contribution in [-0.4, -0.2) is 12.1 Å². The van der Waals surface area contributed by atoms with E-state index >= 15 is 0 Å². The zero-order valence-electron chi connectivity index (χ0n) is 14.4. The van der Waals surface area contributed by atoms with E-state index in [1.807, 2.05) is 66.7 Å². The summed E-state index contributed by atoms with van der Waals surface area (Å²) in [6.07, 6.45) is 0. The topological polar surface area (TPSA) is 22.1 Å². The van der Waals surface area contributed by atoms with Crippen LogP contribution in [0.3, 0.4) is 0 Å². The second-order valence-electron chi connectivity index (χ2n) is 5.92. The fraction of sp³-hybridized carbons (Fsp3) is 0.0455. The fourth-order valence-electron chi connectivity index (χ4n) is 3.01. The molecule has 0 N–H and O–H groups in total. The van der Waals surface area contributed by atoms with Gasteiger partial charge in [-0.3, -0.25) is 0 Å². The van der Waals surface area contributed by atoms with Crippen molar-refractivity contribution in [3.8, 4) is 28.1 Å². The molecule has 0 atom stereocenters. The Kier molecular flexibility index (Phi) is 5.91. The normalized spacial score (nSPS) is 10.5. The highest BCUT2D eigenvalue weighted by Gasteiger charge is 2.12. The van der Waals surface area contributed by atoms with Crippen LogP contribution in [0.4, 0.5) is 0 Å². The Bertz CT molecular complexity index is 1090. The maximum atomic E-state index is 6.47. The van der Waals surface area contributed by atoms with E-state index in [1.165, 1.54) is 0 Å². The van der Waals surface area contributed by atoms with Gasteiger partial charge in [0.2, 0.25) is 0 Å². The molecular weight excluding hydrogens is 401 g/mol. The monoisotopic (exact) mass is 414 g/mol. The van der Waals surface area contributed by atoms with E-state index in [-0.39, 0.29) is 12.4 Å². The number of halogens is 3. The first-order chi connectivity index (χ1) is 12.7. The maximum Gasteiger partial charge on any atom is 0.118 e. The van der Waals surface area contributed by atoms with Gasteiger partial charge >= 0.3 is 0 Å². The van der Waals surface area contributed by atoms with Gasteiger partial charge in [0.05, 0.1) is 18.3 Å². The van der Waals surface area contributed by atoms with E-state index in [0.717, 1.165) is 39.0 Å². The van der Waals surface area contributed by atoms with Crippen molar-refractivity contribution in [3.63, 3.8) is 0 Å². The molecule has 4 rings (SSSR count). The minimum atomic E-state index is 0. The van der Waals surface area contributed by atoms with E-state index < -0.39 is 0 Å². The molecule has 0 radical (unpaired) electrons. The first kappa shape index (κ1) is 19.5. The molecule has 2 nitrogen and oxygen atoms in total. The molecule has 136 valence electrons. The molecule has 0 spiro atoms. The van der Waals surface area contributed by atoms with Crippen LogP contribution in [0.25, 0.3) is 33.3 Å². The van der Waals surface area contributed by atoms with Crippen LogP contribution >= 0.6 is 23.2 Å². The van der Waals surface area contributed by atoms with Gasteiger partial charge in [0.15, 0.2) is 0 Å². The Morgan fingerprint density at radius 2 is 1.56 bits per heavy atom. The SMILES string of the molecule is COc1ccc(-c2cc(-c3ccccc3Cl)c3cc(Cl)ccc3n2)cc1.[Cl-]. The predicted octanol–water partition coefficient (Wildman–Crippen LogP) is 3.89. The summed E-state index contributed by atoms with van der Waals surface area (Å²) in [7, 11) is 1.66. The minimum Gasteiger partial charge on any atom is -1.00 e. The van der Waals surface area contributed by atoms with Crippen LogP contribution in [0.1, 0.15) is 0 Å². The summed E-state index contributed by atoms with van der Waals surface area (Å²) in [4.78, 5) is 4.82. The van der Waals surface area contributed by atoms with Crippen molar-refractivity contribution in [2.24, 2.45) is 0 Å². The summed E-state index contributed by atoms with van der Waals surface area (Å²) >= 11 is 12.7. The summed E-state index contributed by atoms with van der Waals surface area (Å²) in [5, 5.41) is 2.34. The number of methoxy groups -OCH3 is 1. The summed E-state index contributed by atoms with van der Waals surface area (Å²) in [6.45, 7) is 0. The fourth-order valence-corrected chi connectivity index (χ4v) is 3.42. The van der Waals surface area contributed by atoms with Crippen LogP contribution in [0.15, 0.2) is 72.8 Å². The smallest absolute Gasteiger partial charge is 0.118 e. The first-order valence-corrected chi connectivity index (χ1v) is 8.91. The van der Waals surface area contributed by atoms with Crippen molar-refractivity contribution >= 4 is 34.1 Å². The quantitative estimate of drug-likeness (QED) is 0.506. The molecule has 3 aromatic carbocycles. The molecule has 1 aromatic heterocycles. The third-order valence-electron chi connectivity index (χ3n) is 4.32.